The van der Waals surface area contributed by atoms with Crippen molar-refractivity contribution in [2.24, 2.45) is 5.10 Å². The van der Waals surface area contributed by atoms with Crippen LogP contribution in [0.25, 0.3) is 0 Å². The van der Waals surface area contributed by atoms with Crippen molar-refractivity contribution in [1.29, 1.82) is 0 Å². The molecule has 0 fully saturated rings. The molecule has 0 aliphatic heterocycles. The first-order valence-corrected chi connectivity index (χ1v) is 6.92. The van der Waals surface area contributed by atoms with Crippen molar-refractivity contribution in [3.63, 3.8) is 0 Å². The molecule has 0 bridgehead atoms. The number of methoxy groups -OCH3 is 1. The van der Waals surface area contributed by atoms with Gasteiger partial charge in [-0.2, -0.15) is 5.10 Å². The normalized spacial score (nSPS) is 10.7. The minimum absolute atomic E-state index is 0.0170. The number of carbonyl (C=O) groups is 1. The Morgan fingerprint density at radius 1 is 1.27 bits per heavy atom. The highest BCUT2D eigenvalue weighted by Gasteiger charge is 2.09. The highest BCUT2D eigenvalue weighted by molar-refractivity contribution is 6.36. The molecule has 2 aromatic carbocycles. The van der Waals surface area contributed by atoms with Crippen LogP contribution in [0, 0.1) is 0 Å². The Morgan fingerprint density at radius 2 is 2.05 bits per heavy atom. The summed E-state index contributed by atoms with van der Waals surface area (Å²) in [5.74, 6) is 0.0925. The first-order valence-electron chi connectivity index (χ1n) is 6.16. The quantitative estimate of drug-likeness (QED) is 0.662. The van der Waals surface area contributed by atoms with E-state index in [0.717, 1.165) is 0 Å². The molecule has 0 heterocycles. The summed E-state index contributed by atoms with van der Waals surface area (Å²) in [4.78, 5) is 11.9. The second-order valence-electron chi connectivity index (χ2n) is 4.25. The van der Waals surface area contributed by atoms with Gasteiger partial charge in [-0.1, -0.05) is 23.2 Å². The minimum atomic E-state index is -0.486. The fraction of sp³-hybridized carbons (Fsp3) is 0.0667. The monoisotopic (exact) mass is 338 g/mol. The van der Waals surface area contributed by atoms with E-state index in [9.17, 15) is 9.90 Å². The highest BCUT2D eigenvalue weighted by Crippen LogP contribution is 2.22. The van der Waals surface area contributed by atoms with Gasteiger partial charge >= 0.3 is 0 Å². The number of hydrazone groups is 1. The number of nitrogens with one attached hydrogen (secondary N) is 1. The number of phenolic OH excluding ortho intramolecular Hbond substituents is 1. The molecule has 0 saturated carbocycles. The standard InChI is InChI=1S/C15H12Cl2N2O3/c1-22-11-3-5-14(20)9(6-11)8-18-19-15(21)12-4-2-10(16)7-13(12)17/h2-8,20H,1H3,(H,19,21). The number of carbonyl (C=O) groups excluding carboxylic acids is 1. The molecule has 2 N–H and O–H groups in total. The molecule has 0 aliphatic carbocycles. The van der Waals surface area contributed by atoms with Crippen molar-refractivity contribution >= 4 is 35.3 Å². The largest absolute Gasteiger partial charge is 0.507 e. The van der Waals surface area contributed by atoms with Crippen molar-refractivity contribution in [2.75, 3.05) is 7.11 Å². The number of rotatable bonds is 4. The van der Waals surface area contributed by atoms with Crippen LogP contribution in [-0.2, 0) is 0 Å². The molecule has 0 saturated heterocycles. The Balaban J connectivity index is 2.10. The summed E-state index contributed by atoms with van der Waals surface area (Å²) in [6, 6.07) is 9.19. The number of ether oxygens (including phenoxy) is 1. The number of hydrogen-bond acceptors (Lipinski definition) is 4. The molecule has 2 aromatic rings. The number of halogens is 2. The third-order valence-corrected chi connectivity index (χ3v) is 3.33. The maximum absolute atomic E-state index is 11.9. The number of hydrogen-bond donors (Lipinski definition) is 2. The molecule has 2 rings (SSSR count). The number of aromatic hydroxyl groups is 1. The van der Waals surface area contributed by atoms with Crippen LogP contribution in [0.5, 0.6) is 11.5 Å². The molecular formula is C15H12Cl2N2O3. The molecule has 5 nitrogen and oxygen atoms in total. The van der Waals surface area contributed by atoms with Crippen LogP contribution >= 0.6 is 23.2 Å². The first-order chi connectivity index (χ1) is 10.5. The van der Waals surface area contributed by atoms with E-state index in [1.807, 2.05) is 0 Å². The fourth-order valence-corrected chi connectivity index (χ4v) is 2.15. The molecule has 0 spiro atoms. The van der Waals surface area contributed by atoms with Gasteiger partial charge in [0.1, 0.15) is 11.5 Å². The molecule has 0 aromatic heterocycles. The average molecular weight is 339 g/mol. The second kappa shape index (κ2) is 7.15. The molecule has 22 heavy (non-hydrogen) atoms. The summed E-state index contributed by atoms with van der Waals surface area (Å²) in [5, 5.41) is 14.1. The Kier molecular flexibility index (Phi) is 5.25. The number of phenols is 1. The van der Waals surface area contributed by atoms with Gasteiger partial charge in [-0.25, -0.2) is 5.43 Å². The van der Waals surface area contributed by atoms with E-state index < -0.39 is 5.91 Å². The summed E-state index contributed by atoms with van der Waals surface area (Å²) in [6.45, 7) is 0. The van der Waals surface area contributed by atoms with Gasteiger partial charge in [-0.05, 0) is 36.4 Å². The molecule has 114 valence electrons. The van der Waals surface area contributed by atoms with Crippen LogP contribution in [0.2, 0.25) is 10.0 Å². The zero-order chi connectivity index (χ0) is 16.1. The van der Waals surface area contributed by atoms with Crippen LogP contribution in [0.3, 0.4) is 0 Å². The highest BCUT2D eigenvalue weighted by atomic mass is 35.5. The van der Waals surface area contributed by atoms with Crippen molar-refractivity contribution < 1.29 is 14.6 Å². The van der Waals surface area contributed by atoms with E-state index in [1.165, 1.54) is 31.5 Å². The molecule has 0 atom stereocenters. The van der Waals surface area contributed by atoms with Gasteiger partial charge in [0, 0.05) is 10.6 Å². The third kappa shape index (κ3) is 3.90. The second-order valence-corrected chi connectivity index (χ2v) is 5.09. The van der Waals surface area contributed by atoms with Crippen LogP contribution in [0.4, 0.5) is 0 Å². The topological polar surface area (TPSA) is 70.9 Å². The molecular weight excluding hydrogens is 327 g/mol. The minimum Gasteiger partial charge on any atom is -0.507 e. The van der Waals surface area contributed by atoms with Gasteiger partial charge in [0.2, 0.25) is 0 Å². The summed E-state index contributed by atoms with van der Waals surface area (Å²) < 4.78 is 5.04. The predicted molar refractivity (Wildman–Crippen MR) is 86.2 cm³/mol. The number of nitrogens with zero attached hydrogens (tertiary/aromatic N) is 1. The van der Waals surface area contributed by atoms with Gasteiger partial charge in [0.05, 0.1) is 23.9 Å². The van der Waals surface area contributed by atoms with E-state index in [0.29, 0.717) is 16.3 Å². The van der Waals surface area contributed by atoms with Gasteiger partial charge in [0.25, 0.3) is 5.91 Å². The summed E-state index contributed by atoms with van der Waals surface area (Å²) >= 11 is 11.7. The maximum atomic E-state index is 11.9. The third-order valence-electron chi connectivity index (χ3n) is 2.78. The van der Waals surface area contributed by atoms with Crippen LogP contribution < -0.4 is 10.2 Å². The lowest BCUT2D eigenvalue weighted by Gasteiger charge is -2.04. The van der Waals surface area contributed by atoms with Gasteiger partial charge in [-0.3, -0.25) is 4.79 Å². The van der Waals surface area contributed by atoms with Crippen LogP contribution in [0.15, 0.2) is 41.5 Å². The van der Waals surface area contributed by atoms with Crippen molar-refractivity contribution in [1.82, 2.24) is 5.43 Å². The van der Waals surface area contributed by atoms with E-state index in [-0.39, 0.29) is 16.3 Å². The predicted octanol–water partition coefficient (Wildman–Crippen LogP) is 3.47. The van der Waals surface area contributed by atoms with Crippen molar-refractivity contribution in [2.45, 2.75) is 0 Å². The Morgan fingerprint density at radius 3 is 2.73 bits per heavy atom. The molecule has 0 radical (unpaired) electrons. The molecule has 0 unspecified atom stereocenters. The van der Waals surface area contributed by atoms with E-state index in [4.69, 9.17) is 27.9 Å². The summed E-state index contributed by atoms with van der Waals surface area (Å²) in [7, 11) is 1.51. The Hall–Kier alpha value is -2.24. The Bertz CT molecular complexity index is 733. The number of benzene rings is 2. The fourth-order valence-electron chi connectivity index (χ4n) is 1.66. The van der Waals surface area contributed by atoms with E-state index in [2.05, 4.69) is 10.5 Å². The summed E-state index contributed by atoms with van der Waals surface area (Å²) in [6.07, 6.45) is 1.31. The summed E-state index contributed by atoms with van der Waals surface area (Å²) in [5.41, 5.74) is 2.98. The average Bonchev–Trinajstić information content (AvgIpc) is 2.49. The zero-order valence-electron chi connectivity index (χ0n) is 11.5. The van der Waals surface area contributed by atoms with Gasteiger partial charge < -0.3 is 9.84 Å². The van der Waals surface area contributed by atoms with E-state index in [1.54, 1.807) is 18.2 Å². The van der Waals surface area contributed by atoms with Crippen molar-refractivity contribution in [3.05, 3.63) is 57.6 Å². The lowest BCUT2D eigenvalue weighted by molar-refractivity contribution is 0.0955. The first kappa shape index (κ1) is 16.1. The van der Waals surface area contributed by atoms with Gasteiger partial charge in [0.15, 0.2) is 0 Å². The number of amides is 1. The zero-order valence-corrected chi connectivity index (χ0v) is 13.0. The van der Waals surface area contributed by atoms with Gasteiger partial charge in [-0.15, -0.1) is 0 Å². The van der Waals surface area contributed by atoms with E-state index >= 15 is 0 Å². The smallest absolute Gasteiger partial charge is 0.272 e. The lowest BCUT2D eigenvalue weighted by Crippen LogP contribution is -2.18. The Labute approximate surface area is 137 Å². The van der Waals surface area contributed by atoms with Crippen LogP contribution in [0.1, 0.15) is 15.9 Å². The lowest BCUT2D eigenvalue weighted by atomic mass is 10.2. The molecule has 0 aliphatic rings. The molecule has 7 heteroatoms. The SMILES string of the molecule is COc1ccc(O)c(C=NNC(=O)c2ccc(Cl)cc2Cl)c1. The molecule has 1 amide bonds. The van der Waals surface area contributed by atoms with Crippen molar-refractivity contribution in [3.8, 4) is 11.5 Å². The van der Waals surface area contributed by atoms with Crippen LogP contribution in [-0.4, -0.2) is 24.3 Å². The maximum Gasteiger partial charge on any atom is 0.272 e.